The summed E-state index contributed by atoms with van der Waals surface area (Å²) in [6.07, 6.45) is -4.50. The molecular weight excluding hydrogens is 1030 g/mol. The van der Waals surface area contributed by atoms with Crippen LogP contribution in [0, 0.1) is 0 Å². The van der Waals surface area contributed by atoms with Gasteiger partial charge in [-0.3, -0.25) is 9.69 Å². The quantitative estimate of drug-likeness (QED) is 0.0305. The van der Waals surface area contributed by atoms with Crippen LogP contribution in [0.25, 0.3) is 11.1 Å². The lowest BCUT2D eigenvalue weighted by molar-refractivity contribution is -0.197. The predicted molar refractivity (Wildman–Crippen MR) is 321 cm³/mol. The van der Waals surface area contributed by atoms with Crippen molar-refractivity contribution in [2.45, 2.75) is 95.0 Å². The van der Waals surface area contributed by atoms with Crippen LogP contribution in [0.5, 0.6) is 0 Å². The third-order valence-corrected chi connectivity index (χ3v) is 20.1. The molecule has 0 bridgehead atoms. The van der Waals surface area contributed by atoms with E-state index in [4.69, 9.17) is 28.1 Å². The fraction of sp³-hybridized carbons (Fsp3) is 0.257. The maximum Gasteiger partial charge on any atom is 0.410 e. The van der Waals surface area contributed by atoms with Crippen LogP contribution in [0.4, 0.5) is 4.79 Å². The van der Waals surface area contributed by atoms with Gasteiger partial charge in [0.05, 0.1) is 38.9 Å². The zero-order chi connectivity index (χ0) is 56.4. The van der Waals surface area contributed by atoms with Crippen LogP contribution in [-0.4, -0.2) is 80.6 Å². The van der Waals surface area contributed by atoms with Crippen molar-refractivity contribution < 1.29 is 42.8 Å². The molecule has 0 saturated carbocycles. The Balaban J connectivity index is 1.16. The van der Waals surface area contributed by atoms with Gasteiger partial charge in [-0.2, -0.15) is 0 Å². The number of fused-ring (bicyclic) bond motifs is 3. The third kappa shape index (κ3) is 14.4. The molecule has 81 heavy (non-hydrogen) atoms. The molecule has 1 N–H and O–H groups in total. The van der Waals surface area contributed by atoms with Gasteiger partial charge < -0.3 is 33.2 Å². The van der Waals surface area contributed by atoms with E-state index in [-0.39, 0.29) is 58.5 Å². The van der Waals surface area contributed by atoms with Crippen LogP contribution in [-0.2, 0) is 59.3 Å². The predicted octanol–water partition coefficient (Wildman–Crippen LogP) is 12.6. The van der Waals surface area contributed by atoms with Gasteiger partial charge in [-0.05, 0) is 59.9 Å². The van der Waals surface area contributed by atoms with Crippen LogP contribution in [0.2, 0.25) is 5.04 Å². The minimum atomic E-state index is -3.26. The summed E-state index contributed by atoms with van der Waals surface area (Å²) >= 11 is 0. The summed E-state index contributed by atoms with van der Waals surface area (Å²) in [5.41, 5.74) is 7.57. The van der Waals surface area contributed by atoms with Crippen LogP contribution in [0.3, 0.4) is 0 Å². The highest BCUT2D eigenvalue weighted by Gasteiger charge is 2.52. The first-order valence-corrected chi connectivity index (χ1v) is 29.8. The Labute approximate surface area is 478 Å². The minimum absolute atomic E-state index is 0.0102. The molecule has 0 fully saturated rings. The molecule has 1 amide bonds. The zero-order valence-electron chi connectivity index (χ0n) is 46.5. The maximum absolute atomic E-state index is 15.4. The summed E-state index contributed by atoms with van der Waals surface area (Å²) in [4.78, 5) is 31.6. The Morgan fingerprint density at radius 2 is 0.926 bits per heavy atom. The number of ether oxygens (including phenoxy) is 5. The number of esters is 1. The van der Waals surface area contributed by atoms with E-state index in [0.29, 0.717) is 0 Å². The van der Waals surface area contributed by atoms with E-state index in [1.807, 2.05) is 182 Å². The largest absolute Gasteiger partial charge is 0.461 e. The maximum atomic E-state index is 15.4. The fourth-order valence-corrected chi connectivity index (χ4v) is 15.7. The van der Waals surface area contributed by atoms with E-state index in [9.17, 15) is 9.90 Å². The molecule has 8 aromatic carbocycles. The van der Waals surface area contributed by atoms with Crippen molar-refractivity contribution in [3.8, 4) is 11.1 Å². The molecule has 5 atom stereocenters. The molecule has 0 aliphatic heterocycles. The summed E-state index contributed by atoms with van der Waals surface area (Å²) in [6.45, 7) is 10.6. The first kappa shape index (κ1) is 57.9. The lowest BCUT2D eigenvalue weighted by atomic mass is 9.93. The molecule has 0 saturated heterocycles. The van der Waals surface area contributed by atoms with Gasteiger partial charge >= 0.3 is 12.1 Å². The average Bonchev–Trinajstić information content (AvgIpc) is 3.87. The van der Waals surface area contributed by atoms with Crippen molar-refractivity contribution in [2.75, 3.05) is 19.8 Å². The second-order valence-electron chi connectivity index (χ2n) is 21.5. The number of hydrogen-bond acceptors (Lipinski definition) is 9. The summed E-state index contributed by atoms with van der Waals surface area (Å²) in [7, 11) is -3.26. The summed E-state index contributed by atoms with van der Waals surface area (Å²) in [5.74, 6) is -0.855. The lowest BCUT2D eigenvalue weighted by Crippen LogP contribution is -2.67. The molecule has 9 rings (SSSR count). The van der Waals surface area contributed by atoms with Gasteiger partial charge in [0.2, 0.25) is 0 Å². The highest BCUT2D eigenvalue weighted by atomic mass is 28.4. The van der Waals surface area contributed by atoms with Crippen molar-refractivity contribution in [2.24, 2.45) is 0 Å². The molecule has 1 aliphatic carbocycles. The number of aliphatic hydroxyl groups is 1. The number of amides is 1. The molecule has 1 aliphatic rings. The standard InChI is InChI=1S/C70H73NO9Si/c1-5-44-71(69(74)79-50-62-60-42-26-24-40-58(60)59-41-25-27-43-61(59)62)63(45-65(73)75-46-52-28-12-6-13-29-52)66(76-47-53-30-14-7-15-31-53)68(78-49-55-34-18-9-19-35-55)67(77-48-54-32-16-8-17-33-54)64(72)51-80-81(70(2,3)4,56-36-20-10-21-37-56)57-38-22-11-23-39-57/h5-43,62-64,66-68,72H,1,44-51H2,2-4H3/t63-,64-,66+,67-,68-/m1/s1. The van der Waals surface area contributed by atoms with Crippen molar-refractivity contribution in [1.29, 1.82) is 0 Å². The molecule has 0 radical (unpaired) electrons. The number of aliphatic hydroxyl groups excluding tert-OH is 1. The van der Waals surface area contributed by atoms with Gasteiger partial charge in [0.25, 0.3) is 8.32 Å². The lowest BCUT2D eigenvalue weighted by Gasteiger charge is -2.45. The van der Waals surface area contributed by atoms with Crippen LogP contribution >= 0.6 is 0 Å². The Hall–Kier alpha value is -7.74. The van der Waals surface area contributed by atoms with Crippen molar-refractivity contribution >= 4 is 30.8 Å². The molecule has 8 aromatic rings. The molecule has 0 spiro atoms. The number of nitrogens with zero attached hydrogens (tertiary/aromatic N) is 1. The summed E-state index contributed by atoms with van der Waals surface area (Å²) in [6, 6.07) is 74.2. The topological polar surface area (TPSA) is 113 Å². The van der Waals surface area contributed by atoms with Gasteiger partial charge in [0.1, 0.15) is 37.6 Å². The van der Waals surface area contributed by atoms with Gasteiger partial charge in [-0.25, -0.2) is 4.79 Å². The van der Waals surface area contributed by atoms with Crippen molar-refractivity contribution in [3.05, 3.63) is 277 Å². The smallest absolute Gasteiger partial charge is 0.410 e. The monoisotopic (exact) mass is 1100 g/mol. The van der Waals surface area contributed by atoms with E-state index >= 15 is 4.79 Å². The van der Waals surface area contributed by atoms with Gasteiger partial charge in [0, 0.05) is 12.5 Å². The van der Waals surface area contributed by atoms with Crippen LogP contribution < -0.4 is 10.4 Å². The minimum Gasteiger partial charge on any atom is -0.461 e. The van der Waals surface area contributed by atoms with E-state index in [0.717, 1.165) is 54.9 Å². The molecule has 0 unspecified atom stereocenters. The second-order valence-corrected chi connectivity index (χ2v) is 25.8. The van der Waals surface area contributed by atoms with Gasteiger partial charge in [-0.1, -0.05) is 257 Å². The van der Waals surface area contributed by atoms with Crippen LogP contribution in [0.15, 0.2) is 243 Å². The first-order valence-electron chi connectivity index (χ1n) is 27.9. The van der Waals surface area contributed by atoms with E-state index in [2.05, 4.69) is 75.9 Å². The number of carbonyl (C=O) groups is 2. The average molecular weight is 1100 g/mol. The summed E-state index contributed by atoms with van der Waals surface area (Å²) < 4.78 is 41.6. The number of benzene rings is 8. The fourth-order valence-electron chi connectivity index (χ4n) is 11.1. The molecule has 416 valence electrons. The van der Waals surface area contributed by atoms with Crippen LogP contribution in [0.1, 0.15) is 66.5 Å². The number of hydrogen-bond donors (Lipinski definition) is 1. The van der Waals surface area contributed by atoms with E-state index in [1.165, 1.54) is 4.90 Å². The summed E-state index contributed by atoms with van der Waals surface area (Å²) in [5, 5.41) is 15.0. The second kappa shape index (κ2) is 28.1. The first-order chi connectivity index (χ1) is 39.5. The number of carbonyl (C=O) groups excluding carboxylic acids is 2. The van der Waals surface area contributed by atoms with Crippen molar-refractivity contribution in [3.63, 3.8) is 0 Å². The zero-order valence-corrected chi connectivity index (χ0v) is 47.5. The Kier molecular flexibility index (Phi) is 20.1. The molecule has 0 aromatic heterocycles. The Bertz CT molecular complexity index is 3130. The Morgan fingerprint density at radius 3 is 1.37 bits per heavy atom. The highest BCUT2D eigenvalue weighted by molar-refractivity contribution is 6.99. The molecule has 11 heteroatoms. The van der Waals surface area contributed by atoms with Gasteiger partial charge in [0.15, 0.2) is 0 Å². The normalized spacial score (nSPS) is 14.1. The molecule has 0 heterocycles. The molecular formula is C70H73NO9Si. The van der Waals surface area contributed by atoms with E-state index in [1.54, 1.807) is 6.08 Å². The highest BCUT2D eigenvalue weighted by Crippen LogP contribution is 2.45. The van der Waals surface area contributed by atoms with Gasteiger partial charge in [-0.15, -0.1) is 6.58 Å². The molecule has 10 nitrogen and oxygen atoms in total. The number of rotatable bonds is 27. The SMILES string of the molecule is C=CCN(C(=O)OCC1c2ccccc2-c2ccccc21)[C@H](CC(=O)OCc1ccccc1)[C@H](OCc1ccccc1)[C@@H](OCc1ccccc1)[C@H](OCc1ccccc1)[C@H](O)CO[Si](c1ccccc1)(c1ccccc1)C(C)(C)C. The third-order valence-electron chi connectivity index (χ3n) is 15.1. The van der Waals surface area contributed by atoms with Crippen molar-refractivity contribution in [1.82, 2.24) is 4.90 Å². The Morgan fingerprint density at radius 1 is 0.531 bits per heavy atom. The van der Waals surface area contributed by atoms with E-state index < -0.39 is 55.9 Å².